The molecule has 1 aromatic heterocycles. The van der Waals surface area contributed by atoms with Crippen LogP contribution in [0.15, 0.2) is 54.6 Å². The number of aryl methyl sites for hydroxylation is 1. The number of pyridine rings is 1. The number of hydrogen-bond acceptors (Lipinski definition) is 3. The highest BCUT2D eigenvalue weighted by Crippen LogP contribution is 2.35. The Bertz CT molecular complexity index is 1130. The van der Waals surface area contributed by atoms with Crippen LogP contribution in [0.5, 0.6) is 5.75 Å². The van der Waals surface area contributed by atoms with Crippen molar-refractivity contribution in [1.82, 2.24) is 9.88 Å². The fraction of sp³-hybridized carbons (Fsp3) is 0.182. The minimum Gasteiger partial charge on any atom is -0.410 e. The SMILES string of the molecule is Cc1cccc(CN2Cc3cc(-c4ccc(C(F)(F)F)cc4F)ccc3OC2=O)n1. The molecule has 4 rings (SSSR count). The molecule has 30 heavy (non-hydrogen) atoms. The molecule has 0 unspecified atom stereocenters. The predicted octanol–water partition coefficient (Wildman–Crippen LogP) is 5.73. The van der Waals surface area contributed by atoms with Crippen molar-refractivity contribution in [2.24, 2.45) is 0 Å². The summed E-state index contributed by atoms with van der Waals surface area (Å²) in [6.45, 7) is 2.29. The maximum absolute atomic E-state index is 14.4. The van der Waals surface area contributed by atoms with E-state index in [9.17, 15) is 22.4 Å². The van der Waals surface area contributed by atoms with Gasteiger partial charge in [-0.15, -0.1) is 0 Å². The smallest absolute Gasteiger partial charge is 0.410 e. The Morgan fingerprint density at radius 1 is 1.10 bits per heavy atom. The molecular weight excluding hydrogens is 400 g/mol. The number of benzene rings is 2. The molecule has 0 aliphatic carbocycles. The first-order valence-corrected chi connectivity index (χ1v) is 9.10. The number of rotatable bonds is 3. The van der Waals surface area contributed by atoms with Crippen molar-refractivity contribution in [2.75, 3.05) is 0 Å². The Morgan fingerprint density at radius 3 is 2.60 bits per heavy atom. The number of aromatic nitrogens is 1. The van der Waals surface area contributed by atoms with Gasteiger partial charge in [0, 0.05) is 16.8 Å². The predicted molar refractivity (Wildman–Crippen MR) is 101 cm³/mol. The second-order valence-corrected chi connectivity index (χ2v) is 7.01. The summed E-state index contributed by atoms with van der Waals surface area (Å²) in [5.41, 5.74) is 1.52. The molecule has 0 bridgehead atoms. The van der Waals surface area contributed by atoms with Crippen molar-refractivity contribution in [2.45, 2.75) is 26.2 Å². The molecule has 1 aliphatic heterocycles. The van der Waals surface area contributed by atoms with E-state index in [1.807, 2.05) is 19.1 Å². The van der Waals surface area contributed by atoms with Gasteiger partial charge in [0.05, 0.1) is 24.3 Å². The average Bonchev–Trinajstić information content (AvgIpc) is 2.67. The van der Waals surface area contributed by atoms with Crippen LogP contribution in [0.1, 0.15) is 22.5 Å². The van der Waals surface area contributed by atoms with Gasteiger partial charge in [-0.1, -0.05) is 18.2 Å². The molecule has 1 amide bonds. The number of ether oxygens (including phenoxy) is 1. The van der Waals surface area contributed by atoms with Gasteiger partial charge in [-0.2, -0.15) is 13.2 Å². The minimum atomic E-state index is -4.62. The van der Waals surface area contributed by atoms with E-state index in [-0.39, 0.29) is 18.7 Å². The Hall–Kier alpha value is -3.42. The summed E-state index contributed by atoms with van der Waals surface area (Å²) >= 11 is 0. The van der Waals surface area contributed by atoms with Crippen LogP contribution < -0.4 is 4.74 Å². The first kappa shape index (κ1) is 19.9. The maximum atomic E-state index is 14.4. The van der Waals surface area contributed by atoms with E-state index >= 15 is 0 Å². The third-order valence-corrected chi connectivity index (χ3v) is 4.78. The summed E-state index contributed by atoms with van der Waals surface area (Å²) in [5.74, 6) is -0.636. The molecule has 0 spiro atoms. The monoisotopic (exact) mass is 416 g/mol. The first-order chi connectivity index (χ1) is 14.2. The number of fused-ring (bicyclic) bond motifs is 1. The standard InChI is InChI=1S/C22H16F4N2O2/c1-13-3-2-4-17(27-13)12-28-11-15-9-14(5-8-20(15)30-21(28)29)18-7-6-16(10-19(18)23)22(24,25)26/h2-10H,11-12H2,1H3. The van der Waals surface area contributed by atoms with Crippen molar-refractivity contribution in [1.29, 1.82) is 0 Å². The van der Waals surface area contributed by atoms with Gasteiger partial charge in [0.25, 0.3) is 0 Å². The number of nitrogens with zero attached hydrogens (tertiary/aromatic N) is 2. The quantitative estimate of drug-likeness (QED) is 0.512. The molecule has 1 aliphatic rings. The van der Waals surface area contributed by atoms with Gasteiger partial charge in [-0.05, 0) is 48.9 Å². The van der Waals surface area contributed by atoms with Crippen molar-refractivity contribution < 1.29 is 27.1 Å². The highest BCUT2D eigenvalue weighted by Gasteiger charge is 2.31. The van der Waals surface area contributed by atoms with Crippen molar-refractivity contribution in [3.8, 4) is 16.9 Å². The van der Waals surface area contributed by atoms with Gasteiger partial charge in [0.1, 0.15) is 11.6 Å². The van der Waals surface area contributed by atoms with E-state index < -0.39 is 23.7 Å². The van der Waals surface area contributed by atoms with E-state index in [0.29, 0.717) is 28.6 Å². The van der Waals surface area contributed by atoms with Crippen LogP contribution >= 0.6 is 0 Å². The lowest BCUT2D eigenvalue weighted by Crippen LogP contribution is -2.36. The summed E-state index contributed by atoms with van der Waals surface area (Å²) in [6, 6.07) is 12.5. The number of carbonyl (C=O) groups excluding carboxylic acids is 1. The molecular formula is C22H16F4N2O2. The van der Waals surface area contributed by atoms with E-state index in [2.05, 4.69) is 4.98 Å². The molecule has 0 fully saturated rings. The molecule has 2 heterocycles. The van der Waals surface area contributed by atoms with E-state index in [0.717, 1.165) is 17.8 Å². The maximum Gasteiger partial charge on any atom is 0.416 e. The molecule has 3 aromatic rings. The van der Waals surface area contributed by atoms with Crippen LogP contribution in [0, 0.1) is 12.7 Å². The Labute approximate surface area is 169 Å². The Morgan fingerprint density at radius 2 is 1.90 bits per heavy atom. The number of amides is 1. The number of alkyl halides is 3. The molecule has 0 radical (unpaired) electrons. The summed E-state index contributed by atoms with van der Waals surface area (Å²) in [6.07, 6.45) is -5.15. The van der Waals surface area contributed by atoms with E-state index in [1.165, 1.54) is 17.0 Å². The molecule has 0 saturated heterocycles. The van der Waals surface area contributed by atoms with Crippen LogP contribution in [0.2, 0.25) is 0 Å². The number of hydrogen-bond donors (Lipinski definition) is 0. The molecule has 8 heteroatoms. The second kappa shape index (κ2) is 7.44. The topological polar surface area (TPSA) is 42.4 Å². The lowest BCUT2D eigenvalue weighted by Gasteiger charge is -2.28. The highest BCUT2D eigenvalue weighted by atomic mass is 19.4. The van der Waals surface area contributed by atoms with E-state index in [1.54, 1.807) is 12.1 Å². The molecule has 154 valence electrons. The van der Waals surface area contributed by atoms with Crippen molar-refractivity contribution in [3.05, 3.63) is 82.9 Å². The fourth-order valence-corrected chi connectivity index (χ4v) is 3.33. The van der Waals surface area contributed by atoms with Gasteiger partial charge in [-0.3, -0.25) is 9.88 Å². The zero-order chi connectivity index (χ0) is 21.5. The Kier molecular flexibility index (Phi) is 4.93. The third-order valence-electron chi connectivity index (χ3n) is 4.78. The summed E-state index contributed by atoms with van der Waals surface area (Å²) in [4.78, 5) is 18.1. The zero-order valence-electron chi connectivity index (χ0n) is 15.8. The van der Waals surface area contributed by atoms with Crippen LogP contribution in [-0.4, -0.2) is 16.0 Å². The normalized spacial score (nSPS) is 13.8. The van der Waals surface area contributed by atoms with Gasteiger partial charge in [0.15, 0.2) is 0 Å². The van der Waals surface area contributed by atoms with Crippen LogP contribution in [0.25, 0.3) is 11.1 Å². The van der Waals surface area contributed by atoms with Gasteiger partial charge < -0.3 is 4.74 Å². The average molecular weight is 416 g/mol. The summed E-state index contributed by atoms with van der Waals surface area (Å²) in [7, 11) is 0. The minimum absolute atomic E-state index is 0.0367. The van der Waals surface area contributed by atoms with Crippen LogP contribution in [0.3, 0.4) is 0 Å². The molecule has 4 nitrogen and oxygen atoms in total. The van der Waals surface area contributed by atoms with Gasteiger partial charge in [-0.25, -0.2) is 9.18 Å². The fourth-order valence-electron chi connectivity index (χ4n) is 3.33. The molecule has 2 aromatic carbocycles. The number of carbonyl (C=O) groups is 1. The number of halogens is 4. The van der Waals surface area contributed by atoms with Crippen LogP contribution in [0.4, 0.5) is 22.4 Å². The first-order valence-electron chi connectivity index (χ1n) is 9.10. The van der Waals surface area contributed by atoms with E-state index in [4.69, 9.17) is 4.74 Å². The van der Waals surface area contributed by atoms with Gasteiger partial charge >= 0.3 is 12.3 Å². The largest absolute Gasteiger partial charge is 0.416 e. The molecule has 0 atom stereocenters. The van der Waals surface area contributed by atoms with Crippen LogP contribution in [-0.2, 0) is 19.3 Å². The Balaban J connectivity index is 1.62. The van der Waals surface area contributed by atoms with Gasteiger partial charge in [0.2, 0.25) is 0 Å². The molecule has 0 saturated carbocycles. The van der Waals surface area contributed by atoms with Crippen molar-refractivity contribution >= 4 is 6.09 Å². The second-order valence-electron chi connectivity index (χ2n) is 7.01. The summed E-state index contributed by atoms with van der Waals surface area (Å²) in [5, 5.41) is 0. The third kappa shape index (κ3) is 3.98. The molecule has 0 N–H and O–H groups in total. The lowest BCUT2D eigenvalue weighted by molar-refractivity contribution is -0.137. The van der Waals surface area contributed by atoms with Crippen molar-refractivity contribution in [3.63, 3.8) is 0 Å². The highest BCUT2D eigenvalue weighted by molar-refractivity contribution is 5.75. The zero-order valence-corrected chi connectivity index (χ0v) is 15.8. The summed E-state index contributed by atoms with van der Waals surface area (Å²) < 4.78 is 58.1. The lowest BCUT2D eigenvalue weighted by atomic mass is 9.99.